The molecule has 1 aliphatic carbocycles. The summed E-state index contributed by atoms with van der Waals surface area (Å²) >= 11 is 6.71. The molecule has 0 bridgehead atoms. The average Bonchev–Trinajstić information content (AvgIpc) is 2.67. The number of carbonyl (C=O) groups is 1. The molecule has 25 heavy (non-hydrogen) atoms. The highest BCUT2D eigenvalue weighted by molar-refractivity contribution is 6.34. The Bertz CT molecular complexity index is 677. The third-order valence-electron chi connectivity index (χ3n) is 5.06. The van der Waals surface area contributed by atoms with Gasteiger partial charge in [-0.2, -0.15) is 0 Å². The minimum absolute atomic E-state index is 0.0150. The average molecular weight is 356 g/mol. The van der Waals surface area contributed by atoms with Gasteiger partial charge in [0.15, 0.2) is 5.78 Å². The molecule has 2 atom stereocenters. The van der Waals surface area contributed by atoms with E-state index in [9.17, 15) is 4.79 Å². The highest BCUT2D eigenvalue weighted by Gasteiger charge is 2.30. The summed E-state index contributed by atoms with van der Waals surface area (Å²) in [5.74, 6) is -0.0150. The van der Waals surface area contributed by atoms with Crippen LogP contribution in [0.2, 0.25) is 0 Å². The quantitative estimate of drug-likeness (QED) is 0.551. The number of rotatable bonds is 6. The molecule has 0 heterocycles. The van der Waals surface area contributed by atoms with Crippen LogP contribution in [0.25, 0.3) is 0 Å². The van der Waals surface area contributed by atoms with Crippen molar-refractivity contribution in [1.29, 1.82) is 0 Å². The van der Waals surface area contributed by atoms with Crippen LogP contribution in [0.4, 0.5) is 0 Å². The number of aryl methyl sites for hydroxylation is 1. The van der Waals surface area contributed by atoms with E-state index in [1.807, 2.05) is 49.4 Å². The van der Waals surface area contributed by atoms with Gasteiger partial charge in [0.25, 0.3) is 0 Å². The SMILES string of the molecule is Cc1ccc(C(=O)[C@@H](Cl)[C@H](NC2CCCCC2)c2ccccc2)cc1. The molecule has 0 aliphatic heterocycles. The predicted molar refractivity (Wildman–Crippen MR) is 104 cm³/mol. The number of carbonyl (C=O) groups excluding carboxylic acids is 1. The maximum Gasteiger partial charge on any atom is 0.182 e. The van der Waals surface area contributed by atoms with Gasteiger partial charge >= 0.3 is 0 Å². The van der Waals surface area contributed by atoms with Crippen LogP contribution in [0.5, 0.6) is 0 Å². The van der Waals surface area contributed by atoms with Crippen molar-refractivity contribution in [1.82, 2.24) is 5.32 Å². The summed E-state index contributed by atoms with van der Waals surface area (Å²) in [6.07, 6.45) is 6.12. The summed E-state index contributed by atoms with van der Waals surface area (Å²) < 4.78 is 0. The highest BCUT2D eigenvalue weighted by Crippen LogP contribution is 2.28. The molecule has 2 aromatic carbocycles. The molecule has 0 saturated heterocycles. The second-order valence-corrected chi connectivity index (χ2v) is 7.49. The van der Waals surface area contributed by atoms with Gasteiger partial charge in [-0.25, -0.2) is 0 Å². The van der Waals surface area contributed by atoms with Gasteiger partial charge in [-0.1, -0.05) is 79.4 Å². The molecular weight excluding hydrogens is 330 g/mol. The number of nitrogens with one attached hydrogen (secondary N) is 1. The van der Waals surface area contributed by atoms with Crippen molar-refractivity contribution in [3.63, 3.8) is 0 Å². The molecule has 1 aliphatic rings. The number of benzene rings is 2. The molecule has 132 valence electrons. The number of halogens is 1. The number of Topliss-reactive ketones (excluding diaryl/α,β-unsaturated/α-hetero) is 1. The van der Waals surface area contributed by atoms with Crippen LogP contribution in [0.1, 0.15) is 59.6 Å². The molecule has 0 spiro atoms. The Hall–Kier alpha value is -1.64. The maximum atomic E-state index is 12.9. The lowest BCUT2D eigenvalue weighted by molar-refractivity contribution is 0.0970. The zero-order chi connectivity index (χ0) is 17.6. The minimum Gasteiger partial charge on any atom is -0.306 e. The van der Waals surface area contributed by atoms with E-state index >= 15 is 0 Å². The summed E-state index contributed by atoms with van der Waals surface area (Å²) in [6.45, 7) is 2.02. The fourth-order valence-corrected chi connectivity index (χ4v) is 3.91. The Morgan fingerprint density at radius 2 is 1.64 bits per heavy atom. The largest absolute Gasteiger partial charge is 0.306 e. The van der Waals surface area contributed by atoms with Crippen LogP contribution in [-0.4, -0.2) is 17.2 Å². The van der Waals surface area contributed by atoms with Gasteiger partial charge in [-0.05, 0) is 25.3 Å². The van der Waals surface area contributed by atoms with Crippen LogP contribution in [0, 0.1) is 6.92 Å². The van der Waals surface area contributed by atoms with Crippen molar-refractivity contribution in [3.8, 4) is 0 Å². The number of alkyl halides is 1. The fraction of sp³-hybridized carbons (Fsp3) is 0.409. The third kappa shape index (κ3) is 4.71. The van der Waals surface area contributed by atoms with Crippen molar-refractivity contribution in [3.05, 3.63) is 71.3 Å². The van der Waals surface area contributed by atoms with Gasteiger partial charge < -0.3 is 5.32 Å². The summed E-state index contributed by atoms with van der Waals surface area (Å²) in [7, 11) is 0. The summed E-state index contributed by atoms with van der Waals surface area (Å²) in [5.41, 5.74) is 2.90. The fourth-order valence-electron chi connectivity index (χ4n) is 3.56. The second kappa shape index (κ2) is 8.64. The number of hydrogen-bond donors (Lipinski definition) is 1. The summed E-state index contributed by atoms with van der Waals surface area (Å²) in [4.78, 5) is 12.9. The van der Waals surface area contributed by atoms with E-state index < -0.39 is 5.38 Å². The Morgan fingerprint density at radius 1 is 1.00 bits per heavy atom. The molecule has 3 rings (SSSR count). The van der Waals surface area contributed by atoms with Crippen LogP contribution in [0.3, 0.4) is 0 Å². The van der Waals surface area contributed by atoms with Gasteiger partial charge in [0, 0.05) is 11.6 Å². The van der Waals surface area contributed by atoms with Crippen LogP contribution >= 0.6 is 11.6 Å². The van der Waals surface area contributed by atoms with Gasteiger partial charge in [0.2, 0.25) is 0 Å². The molecule has 1 N–H and O–H groups in total. The molecule has 0 amide bonds. The molecule has 3 heteroatoms. The summed E-state index contributed by atoms with van der Waals surface area (Å²) in [6, 6.07) is 18.0. The minimum atomic E-state index is -0.618. The Morgan fingerprint density at radius 3 is 2.28 bits per heavy atom. The van der Waals surface area contributed by atoms with E-state index in [4.69, 9.17) is 11.6 Å². The van der Waals surface area contributed by atoms with Crippen LogP contribution in [0.15, 0.2) is 54.6 Å². The maximum absolute atomic E-state index is 12.9. The lowest BCUT2D eigenvalue weighted by Gasteiger charge is -2.31. The zero-order valence-corrected chi connectivity index (χ0v) is 15.5. The lowest BCUT2D eigenvalue weighted by Crippen LogP contribution is -2.41. The molecule has 2 aromatic rings. The number of ketones is 1. The zero-order valence-electron chi connectivity index (χ0n) is 14.7. The van der Waals surface area contributed by atoms with E-state index in [0.29, 0.717) is 11.6 Å². The van der Waals surface area contributed by atoms with Crippen molar-refractivity contribution in [2.24, 2.45) is 0 Å². The Labute approximate surface area is 155 Å². The van der Waals surface area contributed by atoms with E-state index in [1.165, 1.54) is 19.3 Å². The van der Waals surface area contributed by atoms with Crippen molar-refractivity contribution in [2.75, 3.05) is 0 Å². The van der Waals surface area contributed by atoms with E-state index in [0.717, 1.165) is 24.0 Å². The van der Waals surface area contributed by atoms with E-state index in [1.54, 1.807) is 0 Å². The number of hydrogen-bond acceptors (Lipinski definition) is 2. The second-order valence-electron chi connectivity index (χ2n) is 7.02. The molecule has 0 unspecified atom stereocenters. The molecule has 2 nitrogen and oxygen atoms in total. The smallest absolute Gasteiger partial charge is 0.182 e. The monoisotopic (exact) mass is 355 g/mol. The van der Waals surface area contributed by atoms with E-state index in [-0.39, 0.29) is 11.8 Å². The van der Waals surface area contributed by atoms with E-state index in [2.05, 4.69) is 17.4 Å². The first kappa shape index (κ1) is 18.2. The highest BCUT2D eigenvalue weighted by atomic mass is 35.5. The van der Waals surface area contributed by atoms with Gasteiger partial charge in [-0.15, -0.1) is 11.6 Å². The van der Waals surface area contributed by atoms with Crippen molar-refractivity contribution in [2.45, 2.75) is 56.5 Å². The molecule has 0 radical (unpaired) electrons. The third-order valence-corrected chi connectivity index (χ3v) is 5.51. The first-order valence-corrected chi connectivity index (χ1v) is 9.65. The van der Waals surface area contributed by atoms with Crippen molar-refractivity contribution < 1.29 is 4.79 Å². The van der Waals surface area contributed by atoms with Gasteiger partial charge in [0.05, 0.1) is 6.04 Å². The predicted octanol–water partition coefficient (Wildman–Crippen LogP) is 5.45. The van der Waals surface area contributed by atoms with Gasteiger partial charge in [-0.3, -0.25) is 4.79 Å². The van der Waals surface area contributed by atoms with Crippen LogP contribution in [-0.2, 0) is 0 Å². The Kier molecular flexibility index (Phi) is 6.28. The summed E-state index contributed by atoms with van der Waals surface area (Å²) in [5, 5.41) is 3.06. The molecule has 0 aromatic heterocycles. The lowest BCUT2D eigenvalue weighted by atomic mass is 9.91. The first-order chi connectivity index (χ1) is 12.1. The Balaban J connectivity index is 1.82. The van der Waals surface area contributed by atoms with Crippen molar-refractivity contribution >= 4 is 17.4 Å². The standard InChI is InChI=1S/C22H26ClNO/c1-16-12-14-18(15-13-16)22(25)20(23)21(17-8-4-2-5-9-17)24-19-10-6-3-7-11-19/h2,4-5,8-9,12-15,19-21,24H,3,6-7,10-11H2,1H3/t20-,21+/m0/s1. The first-order valence-electron chi connectivity index (χ1n) is 9.21. The normalized spacial score (nSPS) is 17.8. The molecular formula is C22H26ClNO. The topological polar surface area (TPSA) is 29.1 Å². The van der Waals surface area contributed by atoms with Gasteiger partial charge in [0.1, 0.15) is 5.38 Å². The molecule has 1 saturated carbocycles. The van der Waals surface area contributed by atoms with Crippen LogP contribution < -0.4 is 5.32 Å². The molecule has 1 fully saturated rings.